The fourth-order valence-corrected chi connectivity index (χ4v) is 5.15. The molecule has 2 amide bonds. The topological polar surface area (TPSA) is 63.7 Å². The number of fused-ring (bicyclic) bond motifs is 1. The van der Waals surface area contributed by atoms with Crippen molar-refractivity contribution in [2.75, 3.05) is 7.11 Å². The van der Waals surface area contributed by atoms with Gasteiger partial charge >= 0.3 is 5.97 Å². The highest BCUT2D eigenvalue weighted by atomic mass is 127. The van der Waals surface area contributed by atoms with Gasteiger partial charge in [-0.05, 0) is 56.8 Å². The van der Waals surface area contributed by atoms with E-state index in [1.807, 2.05) is 37.3 Å². The number of esters is 1. The molecule has 7 heteroatoms. The van der Waals surface area contributed by atoms with Gasteiger partial charge in [0.2, 0.25) is 5.91 Å². The Balaban J connectivity index is 2.24. The van der Waals surface area contributed by atoms with E-state index >= 15 is 0 Å². The van der Waals surface area contributed by atoms with Crippen molar-refractivity contribution in [1.29, 1.82) is 0 Å². The van der Waals surface area contributed by atoms with Crippen molar-refractivity contribution in [3.63, 3.8) is 0 Å². The standard InChI is InChI=1S/C20H17I2NO4/c1-10-15-14(9-13(17(10)21)20(26)27-3)23(11(2)24)19(25)16(15)18(22)12-7-5-4-6-8-12/h4-10,15H,1-3H3/b18-16+. The molecule has 0 spiro atoms. The van der Waals surface area contributed by atoms with Gasteiger partial charge in [-0.2, -0.15) is 0 Å². The van der Waals surface area contributed by atoms with Gasteiger partial charge in [0.15, 0.2) is 0 Å². The summed E-state index contributed by atoms with van der Waals surface area (Å²) in [5.74, 6) is -1.57. The average Bonchev–Trinajstić information content (AvgIpc) is 2.96. The minimum Gasteiger partial charge on any atom is -0.465 e. The van der Waals surface area contributed by atoms with Crippen LogP contribution >= 0.6 is 45.2 Å². The summed E-state index contributed by atoms with van der Waals surface area (Å²) in [7, 11) is 1.32. The SMILES string of the molecule is COC(=O)C1=C(I)C(C)C2C(=C1)N(C(C)=O)C(=O)/C2=C(/I)c1ccccc1. The average molecular weight is 589 g/mol. The number of allylic oxidation sites excluding steroid dienone is 2. The molecular weight excluding hydrogens is 572 g/mol. The lowest BCUT2D eigenvalue weighted by atomic mass is 9.81. The predicted molar refractivity (Wildman–Crippen MR) is 119 cm³/mol. The number of carbonyl (C=O) groups excluding carboxylic acids is 3. The fraction of sp³-hybridized carbons (Fsp3) is 0.250. The summed E-state index contributed by atoms with van der Waals surface area (Å²) in [4.78, 5) is 38.8. The highest BCUT2D eigenvalue weighted by Gasteiger charge is 2.49. The summed E-state index contributed by atoms with van der Waals surface area (Å²) in [6.07, 6.45) is 1.62. The quantitative estimate of drug-likeness (QED) is 0.295. The molecule has 0 radical (unpaired) electrons. The zero-order valence-corrected chi connectivity index (χ0v) is 19.3. The van der Waals surface area contributed by atoms with Crippen LogP contribution in [0.1, 0.15) is 19.4 Å². The van der Waals surface area contributed by atoms with Gasteiger partial charge in [0.1, 0.15) is 0 Å². The largest absolute Gasteiger partial charge is 0.465 e. The molecule has 1 aliphatic heterocycles. The Bertz CT molecular complexity index is 931. The van der Waals surface area contributed by atoms with Crippen LogP contribution in [0.4, 0.5) is 0 Å². The molecule has 0 saturated carbocycles. The van der Waals surface area contributed by atoms with Gasteiger partial charge in [0.25, 0.3) is 5.91 Å². The maximum atomic E-state index is 13.2. The molecule has 1 heterocycles. The van der Waals surface area contributed by atoms with Crippen molar-refractivity contribution >= 4 is 66.5 Å². The molecule has 1 saturated heterocycles. The summed E-state index contributed by atoms with van der Waals surface area (Å²) in [6.45, 7) is 3.33. The number of amides is 2. The third-order valence-corrected chi connectivity index (χ3v) is 7.52. The lowest BCUT2D eigenvalue weighted by Crippen LogP contribution is -2.30. The molecule has 0 bridgehead atoms. The van der Waals surface area contributed by atoms with Crippen LogP contribution in [-0.2, 0) is 19.1 Å². The third kappa shape index (κ3) is 3.39. The Morgan fingerprint density at radius 1 is 1.19 bits per heavy atom. The normalized spacial score (nSPS) is 23.8. The Morgan fingerprint density at radius 2 is 1.81 bits per heavy atom. The summed E-state index contributed by atoms with van der Waals surface area (Å²) in [6, 6.07) is 9.62. The van der Waals surface area contributed by atoms with Gasteiger partial charge in [-0.1, -0.05) is 37.3 Å². The lowest BCUT2D eigenvalue weighted by molar-refractivity contribution is -0.138. The fourth-order valence-electron chi connectivity index (χ4n) is 3.49. The van der Waals surface area contributed by atoms with E-state index in [0.717, 1.165) is 12.7 Å². The molecule has 0 N–H and O–H groups in total. The van der Waals surface area contributed by atoms with Gasteiger partial charge < -0.3 is 4.74 Å². The molecule has 5 nitrogen and oxygen atoms in total. The van der Waals surface area contributed by atoms with Crippen molar-refractivity contribution in [3.05, 3.63) is 62.4 Å². The van der Waals surface area contributed by atoms with E-state index in [1.54, 1.807) is 6.08 Å². The Hall–Kier alpha value is -1.49. The van der Waals surface area contributed by atoms with E-state index in [1.165, 1.54) is 18.9 Å². The van der Waals surface area contributed by atoms with E-state index in [9.17, 15) is 14.4 Å². The number of hydrogen-bond acceptors (Lipinski definition) is 4. The van der Waals surface area contributed by atoms with Crippen molar-refractivity contribution < 1.29 is 19.1 Å². The van der Waals surface area contributed by atoms with Crippen LogP contribution in [-0.4, -0.2) is 29.8 Å². The van der Waals surface area contributed by atoms with E-state index in [4.69, 9.17) is 4.74 Å². The summed E-state index contributed by atoms with van der Waals surface area (Å²) in [5, 5.41) is 0. The molecule has 1 fully saturated rings. The first-order chi connectivity index (χ1) is 12.8. The number of carbonyl (C=O) groups is 3. The number of benzene rings is 1. The van der Waals surface area contributed by atoms with Crippen LogP contribution in [0.2, 0.25) is 0 Å². The molecule has 3 rings (SSSR count). The number of imide groups is 1. The zero-order valence-electron chi connectivity index (χ0n) is 15.0. The molecule has 27 heavy (non-hydrogen) atoms. The smallest absolute Gasteiger partial charge is 0.338 e. The first-order valence-corrected chi connectivity index (χ1v) is 10.4. The molecule has 2 unspecified atom stereocenters. The van der Waals surface area contributed by atoms with Gasteiger partial charge in [-0.25, -0.2) is 4.79 Å². The summed E-state index contributed by atoms with van der Waals surface area (Å²) in [5.41, 5.74) is 2.46. The van der Waals surface area contributed by atoms with Gasteiger partial charge in [-0.15, -0.1) is 0 Å². The monoisotopic (exact) mass is 589 g/mol. The van der Waals surface area contributed by atoms with Gasteiger partial charge in [-0.3, -0.25) is 14.5 Å². The molecule has 2 aliphatic rings. The number of likely N-dealkylation sites (tertiary alicyclic amines) is 1. The Labute approximate surface area is 184 Å². The van der Waals surface area contributed by atoms with Crippen molar-refractivity contribution in [3.8, 4) is 0 Å². The van der Waals surface area contributed by atoms with Crippen molar-refractivity contribution in [2.45, 2.75) is 13.8 Å². The molecule has 1 aromatic rings. The molecule has 0 aromatic heterocycles. The predicted octanol–water partition coefficient (Wildman–Crippen LogP) is 4.23. The first kappa shape index (κ1) is 20.2. The van der Waals surface area contributed by atoms with E-state index < -0.39 is 5.97 Å². The number of nitrogens with zero attached hydrogens (tertiary/aromatic N) is 1. The highest BCUT2D eigenvalue weighted by molar-refractivity contribution is 14.1. The maximum Gasteiger partial charge on any atom is 0.338 e. The molecule has 140 valence electrons. The van der Waals surface area contributed by atoms with Crippen LogP contribution in [0.25, 0.3) is 3.58 Å². The Kier molecular flexibility index (Phi) is 5.90. The summed E-state index contributed by atoms with van der Waals surface area (Å²) < 4.78 is 6.51. The van der Waals surface area contributed by atoms with E-state index in [-0.39, 0.29) is 23.7 Å². The minimum absolute atomic E-state index is 0.128. The highest BCUT2D eigenvalue weighted by Crippen LogP contribution is 2.50. The maximum absolute atomic E-state index is 13.2. The second kappa shape index (κ2) is 7.86. The molecule has 1 aliphatic carbocycles. The number of hydrogen-bond donors (Lipinski definition) is 0. The molecular formula is C20H17I2NO4. The zero-order chi connectivity index (χ0) is 19.9. The van der Waals surface area contributed by atoms with Crippen molar-refractivity contribution in [1.82, 2.24) is 4.90 Å². The van der Waals surface area contributed by atoms with Gasteiger partial charge in [0, 0.05) is 37.2 Å². The molecule has 2 atom stereocenters. The first-order valence-electron chi connectivity index (χ1n) is 8.29. The second-order valence-corrected chi connectivity index (χ2v) is 8.58. The number of methoxy groups -OCH3 is 1. The van der Waals surface area contributed by atoms with Crippen LogP contribution in [0.3, 0.4) is 0 Å². The van der Waals surface area contributed by atoms with E-state index in [0.29, 0.717) is 16.8 Å². The van der Waals surface area contributed by atoms with Crippen LogP contribution in [0.15, 0.2) is 56.8 Å². The molecule has 1 aromatic carbocycles. The van der Waals surface area contributed by atoms with Crippen LogP contribution in [0.5, 0.6) is 0 Å². The van der Waals surface area contributed by atoms with Crippen LogP contribution in [0, 0.1) is 11.8 Å². The number of halogens is 2. The van der Waals surface area contributed by atoms with Crippen molar-refractivity contribution in [2.24, 2.45) is 11.8 Å². The number of ether oxygens (including phenoxy) is 1. The lowest BCUT2D eigenvalue weighted by Gasteiger charge is -2.28. The summed E-state index contributed by atoms with van der Waals surface area (Å²) >= 11 is 4.31. The van der Waals surface area contributed by atoms with E-state index in [2.05, 4.69) is 45.2 Å². The third-order valence-electron chi connectivity index (χ3n) is 4.75. The number of rotatable bonds is 2. The minimum atomic E-state index is -0.469. The second-order valence-electron chi connectivity index (χ2n) is 6.34. The van der Waals surface area contributed by atoms with Gasteiger partial charge in [0.05, 0.1) is 12.7 Å². The Morgan fingerprint density at radius 3 is 2.37 bits per heavy atom. The van der Waals surface area contributed by atoms with Crippen LogP contribution < -0.4 is 0 Å².